The smallest absolute Gasteiger partial charge is 0.303 e. The van der Waals surface area contributed by atoms with Crippen molar-refractivity contribution < 1.29 is 19.0 Å². The second-order valence-electron chi connectivity index (χ2n) is 4.83. The van der Waals surface area contributed by atoms with Gasteiger partial charge < -0.3 is 9.84 Å². The number of hydrogen-bond acceptors (Lipinski definition) is 2. The molecule has 1 aliphatic carbocycles. The van der Waals surface area contributed by atoms with Gasteiger partial charge in [0.15, 0.2) is 0 Å². The fourth-order valence-electron chi connectivity index (χ4n) is 2.35. The van der Waals surface area contributed by atoms with Crippen LogP contribution in [0.4, 0.5) is 4.39 Å². The number of carboxylic acid groups (broad SMARTS) is 1. The zero-order valence-electron chi connectivity index (χ0n) is 10.4. The summed E-state index contributed by atoms with van der Waals surface area (Å²) in [5, 5.41) is 8.91. The van der Waals surface area contributed by atoms with E-state index in [-0.39, 0.29) is 18.2 Å². The van der Waals surface area contributed by atoms with Gasteiger partial charge in [0, 0.05) is 13.0 Å². The standard InChI is InChI=1S/C14H17FO3/c1-18-8-9-2-5-11(13(15)6-9)12(7-14(16)17)10-3-4-10/h2,5-6,10,12H,3-4,7-8H2,1H3,(H,16,17). The number of halogens is 1. The van der Waals surface area contributed by atoms with Gasteiger partial charge in [-0.1, -0.05) is 12.1 Å². The van der Waals surface area contributed by atoms with Crippen molar-refractivity contribution in [2.45, 2.75) is 31.8 Å². The first-order chi connectivity index (χ1) is 8.61. The number of hydrogen-bond donors (Lipinski definition) is 1. The first-order valence-electron chi connectivity index (χ1n) is 6.11. The molecule has 1 aromatic carbocycles. The van der Waals surface area contributed by atoms with Crippen molar-refractivity contribution in [3.63, 3.8) is 0 Å². The summed E-state index contributed by atoms with van der Waals surface area (Å²) in [6.45, 7) is 0.365. The number of carboxylic acids is 1. The number of aliphatic carboxylic acids is 1. The van der Waals surface area contributed by atoms with Crippen LogP contribution in [0.5, 0.6) is 0 Å². The molecule has 1 atom stereocenters. The normalized spacial score (nSPS) is 16.6. The molecular weight excluding hydrogens is 235 g/mol. The number of benzene rings is 1. The highest BCUT2D eigenvalue weighted by molar-refractivity contribution is 5.68. The van der Waals surface area contributed by atoms with Gasteiger partial charge in [-0.2, -0.15) is 0 Å². The predicted molar refractivity (Wildman–Crippen MR) is 64.8 cm³/mol. The first kappa shape index (κ1) is 13.0. The van der Waals surface area contributed by atoms with E-state index in [0.29, 0.717) is 18.1 Å². The summed E-state index contributed by atoms with van der Waals surface area (Å²) in [7, 11) is 1.56. The minimum atomic E-state index is -0.868. The van der Waals surface area contributed by atoms with Crippen LogP contribution in [0.25, 0.3) is 0 Å². The van der Waals surface area contributed by atoms with E-state index in [9.17, 15) is 9.18 Å². The van der Waals surface area contributed by atoms with E-state index in [1.165, 1.54) is 6.07 Å². The van der Waals surface area contributed by atoms with Crippen molar-refractivity contribution in [2.75, 3.05) is 7.11 Å². The summed E-state index contributed by atoms with van der Waals surface area (Å²) in [4.78, 5) is 10.9. The molecule has 1 saturated carbocycles. The highest BCUT2D eigenvalue weighted by Gasteiger charge is 2.35. The van der Waals surface area contributed by atoms with Crippen LogP contribution in [0.1, 0.15) is 36.3 Å². The Labute approximate surface area is 106 Å². The van der Waals surface area contributed by atoms with Crippen molar-refractivity contribution in [1.82, 2.24) is 0 Å². The zero-order valence-corrected chi connectivity index (χ0v) is 10.4. The Hall–Kier alpha value is -1.42. The van der Waals surface area contributed by atoms with Gasteiger partial charge in [0.25, 0.3) is 0 Å². The molecule has 0 heterocycles. The van der Waals surface area contributed by atoms with E-state index >= 15 is 0 Å². The highest BCUT2D eigenvalue weighted by atomic mass is 19.1. The van der Waals surface area contributed by atoms with Crippen LogP contribution >= 0.6 is 0 Å². The van der Waals surface area contributed by atoms with E-state index in [4.69, 9.17) is 9.84 Å². The van der Waals surface area contributed by atoms with Crippen LogP contribution in [0.2, 0.25) is 0 Å². The van der Waals surface area contributed by atoms with Crippen molar-refractivity contribution in [1.29, 1.82) is 0 Å². The van der Waals surface area contributed by atoms with Crippen LogP contribution in [0.15, 0.2) is 18.2 Å². The van der Waals surface area contributed by atoms with E-state index in [1.807, 2.05) is 0 Å². The molecule has 1 fully saturated rings. The summed E-state index contributed by atoms with van der Waals surface area (Å²) in [5.41, 5.74) is 1.29. The van der Waals surface area contributed by atoms with Crippen molar-refractivity contribution in [3.8, 4) is 0 Å². The van der Waals surface area contributed by atoms with E-state index in [1.54, 1.807) is 19.2 Å². The maximum Gasteiger partial charge on any atom is 0.303 e. The minimum Gasteiger partial charge on any atom is -0.481 e. The minimum absolute atomic E-state index is 0.00517. The molecule has 3 nitrogen and oxygen atoms in total. The Kier molecular flexibility index (Phi) is 3.97. The second kappa shape index (κ2) is 5.48. The Morgan fingerprint density at radius 2 is 2.28 bits per heavy atom. The summed E-state index contributed by atoms with van der Waals surface area (Å²) >= 11 is 0. The van der Waals surface area contributed by atoms with Gasteiger partial charge in [-0.3, -0.25) is 4.79 Å². The van der Waals surface area contributed by atoms with Crippen molar-refractivity contribution >= 4 is 5.97 Å². The summed E-state index contributed by atoms with van der Waals surface area (Å²) in [5.74, 6) is -1.06. The lowest BCUT2D eigenvalue weighted by Gasteiger charge is -2.16. The predicted octanol–water partition coefficient (Wildman–Crippen LogP) is 2.94. The van der Waals surface area contributed by atoms with Crippen LogP contribution < -0.4 is 0 Å². The van der Waals surface area contributed by atoms with Gasteiger partial charge in [0.1, 0.15) is 5.82 Å². The van der Waals surface area contributed by atoms with Gasteiger partial charge in [-0.05, 0) is 36.0 Å². The van der Waals surface area contributed by atoms with Crippen LogP contribution in [-0.4, -0.2) is 18.2 Å². The average Bonchev–Trinajstić information content (AvgIpc) is 3.10. The molecule has 1 aromatic rings. The van der Waals surface area contributed by atoms with Gasteiger partial charge in [-0.15, -0.1) is 0 Å². The summed E-state index contributed by atoms with van der Waals surface area (Å²) in [6, 6.07) is 4.95. The summed E-state index contributed by atoms with van der Waals surface area (Å²) in [6.07, 6.45) is 2.00. The molecule has 18 heavy (non-hydrogen) atoms. The molecule has 98 valence electrons. The zero-order chi connectivity index (χ0) is 13.1. The first-order valence-corrected chi connectivity index (χ1v) is 6.11. The molecule has 0 aromatic heterocycles. The SMILES string of the molecule is COCc1ccc(C(CC(=O)O)C2CC2)c(F)c1. The lowest BCUT2D eigenvalue weighted by molar-refractivity contribution is -0.137. The Balaban J connectivity index is 2.21. The van der Waals surface area contributed by atoms with Gasteiger partial charge >= 0.3 is 5.97 Å². The number of methoxy groups -OCH3 is 1. The Bertz CT molecular complexity index is 441. The maximum atomic E-state index is 14.0. The molecule has 0 bridgehead atoms. The largest absolute Gasteiger partial charge is 0.481 e. The topological polar surface area (TPSA) is 46.5 Å². The quantitative estimate of drug-likeness (QED) is 0.846. The third kappa shape index (κ3) is 3.07. The molecule has 0 spiro atoms. The molecule has 1 aliphatic rings. The third-order valence-electron chi connectivity index (χ3n) is 3.36. The molecule has 0 radical (unpaired) electrons. The van der Waals surface area contributed by atoms with E-state index in [2.05, 4.69) is 0 Å². The van der Waals surface area contributed by atoms with Crippen molar-refractivity contribution in [3.05, 3.63) is 35.1 Å². The maximum absolute atomic E-state index is 14.0. The lowest BCUT2D eigenvalue weighted by Crippen LogP contribution is -2.10. The fourth-order valence-corrected chi connectivity index (χ4v) is 2.35. The fraction of sp³-hybridized carbons (Fsp3) is 0.500. The Morgan fingerprint density at radius 1 is 1.56 bits per heavy atom. The number of rotatable bonds is 6. The van der Waals surface area contributed by atoms with Crippen molar-refractivity contribution in [2.24, 2.45) is 5.92 Å². The number of ether oxygens (including phenoxy) is 1. The van der Waals surface area contributed by atoms with Gasteiger partial charge in [0.05, 0.1) is 13.0 Å². The third-order valence-corrected chi connectivity index (χ3v) is 3.36. The van der Waals surface area contributed by atoms with Gasteiger partial charge in [-0.25, -0.2) is 4.39 Å². The molecule has 0 saturated heterocycles. The van der Waals surface area contributed by atoms with Gasteiger partial charge in [0.2, 0.25) is 0 Å². The molecule has 1 unspecified atom stereocenters. The van der Waals surface area contributed by atoms with Crippen LogP contribution in [0.3, 0.4) is 0 Å². The average molecular weight is 252 g/mol. The van der Waals surface area contributed by atoms with Crippen LogP contribution in [0, 0.1) is 11.7 Å². The van der Waals surface area contributed by atoms with E-state index in [0.717, 1.165) is 18.4 Å². The Morgan fingerprint density at radius 3 is 2.78 bits per heavy atom. The lowest BCUT2D eigenvalue weighted by atomic mass is 9.90. The highest BCUT2D eigenvalue weighted by Crippen LogP contribution is 2.45. The number of carbonyl (C=O) groups is 1. The monoisotopic (exact) mass is 252 g/mol. The molecule has 4 heteroatoms. The molecule has 2 rings (SSSR count). The molecule has 1 N–H and O–H groups in total. The summed E-state index contributed by atoms with van der Waals surface area (Å²) < 4.78 is 19.0. The molecule has 0 amide bonds. The van der Waals surface area contributed by atoms with Crippen LogP contribution in [-0.2, 0) is 16.1 Å². The molecular formula is C14H17FO3. The molecule has 0 aliphatic heterocycles. The second-order valence-corrected chi connectivity index (χ2v) is 4.83. The van der Waals surface area contributed by atoms with E-state index < -0.39 is 5.97 Å².